The molecule has 2 aromatic carbocycles. The lowest BCUT2D eigenvalue weighted by Crippen LogP contribution is -2.34. The third-order valence-electron chi connectivity index (χ3n) is 4.33. The lowest BCUT2D eigenvalue weighted by Gasteiger charge is -2.12. The van der Waals surface area contributed by atoms with Gasteiger partial charge in [0.05, 0.1) is 12.1 Å². The third kappa shape index (κ3) is 4.25. The standard InChI is InChI=1S/C20H21N3O4/c1-13-6-5-7-14(2)19(13)22-18(25)12-21-17(24)10-11-23-15-8-3-4-9-16(15)27-20(23)26/h3-9H,10-12H2,1-2H3,(H,21,24)(H,22,25). The fourth-order valence-corrected chi connectivity index (χ4v) is 2.90. The fraction of sp³-hybridized carbons (Fsp3) is 0.250. The number of fused-ring (bicyclic) bond motifs is 1. The van der Waals surface area contributed by atoms with Crippen molar-refractivity contribution in [2.45, 2.75) is 26.8 Å². The summed E-state index contributed by atoms with van der Waals surface area (Å²) < 4.78 is 6.54. The first-order valence-electron chi connectivity index (χ1n) is 8.67. The Morgan fingerprint density at radius 3 is 2.44 bits per heavy atom. The van der Waals surface area contributed by atoms with E-state index >= 15 is 0 Å². The average molecular weight is 367 g/mol. The van der Waals surface area contributed by atoms with Gasteiger partial charge in [-0.25, -0.2) is 4.79 Å². The summed E-state index contributed by atoms with van der Waals surface area (Å²) in [5.41, 5.74) is 3.80. The third-order valence-corrected chi connectivity index (χ3v) is 4.33. The van der Waals surface area contributed by atoms with Gasteiger partial charge in [0.2, 0.25) is 11.8 Å². The van der Waals surface area contributed by atoms with Crippen molar-refractivity contribution in [1.29, 1.82) is 0 Å². The number of nitrogens with one attached hydrogen (secondary N) is 2. The predicted octanol–water partition coefficient (Wildman–Crippen LogP) is 2.36. The zero-order chi connectivity index (χ0) is 19.4. The first kappa shape index (κ1) is 18.4. The van der Waals surface area contributed by atoms with Crippen LogP contribution in [-0.2, 0) is 16.1 Å². The first-order chi connectivity index (χ1) is 13.0. The highest BCUT2D eigenvalue weighted by Crippen LogP contribution is 2.19. The van der Waals surface area contributed by atoms with E-state index < -0.39 is 5.76 Å². The van der Waals surface area contributed by atoms with E-state index in [1.807, 2.05) is 32.0 Å². The predicted molar refractivity (Wildman–Crippen MR) is 103 cm³/mol. The maximum atomic E-state index is 12.1. The van der Waals surface area contributed by atoms with Gasteiger partial charge in [-0.2, -0.15) is 0 Å². The topological polar surface area (TPSA) is 93.3 Å². The molecule has 2 amide bonds. The molecule has 27 heavy (non-hydrogen) atoms. The van der Waals surface area contributed by atoms with Gasteiger partial charge in [-0.15, -0.1) is 0 Å². The minimum absolute atomic E-state index is 0.0696. The van der Waals surface area contributed by atoms with Gasteiger partial charge in [-0.05, 0) is 37.1 Å². The minimum Gasteiger partial charge on any atom is -0.408 e. The highest BCUT2D eigenvalue weighted by atomic mass is 16.4. The summed E-state index contributed by atoms with van der Waals surface area (Å²) in [4.78, 5) is 36.0. The summed E-state index contributed by atoms with van der Waals surface area (Å²) in [5, 5.41) is 5.39. The maximum absolute atomic E-state index is 12.1. The van der Waals surface area contributed by atoms with E-state index in [0.29, 0.717) is 11.1 Å². The van der Waals surface area contributed by atoms with Crippen LogP contribution in [0.1, 0.15) is 17.5 Å². The van der Waals surface area contributed by atoms with Crippen LogP contribution in [0, 0.1) is 13.8 Å². The number of anilines is 1. The minimum atomic E-state index is -0.503. The summed E-state index contributed by atoms with van der Waals surface area (Å²) >= 11 is 0. The van der Waals surface area contributed by atoms with Crippen molar-refractivity contribution in [2.24, 2.45) is 0 Å². The molecular weight excluding hydrogens is 346 g/mol. The largest absolute Gasteiger partial charge is 0.419 e. The van der Waals surface area contributed by atoms with E-state index in [2.05, 4.69) is 10.6 Å². The Morgan fingerprint density at radius 1 is 1.00 bits per heavy atom. The van der Waals surface area contributed by atoms with Gasteiger partial charge in [0.25, 0.3) is 0 Å². The van der Waals surface area contributed by atoms with Gasteiger partial charge >= 0.3 is 5.76 Å². The average Bonchev–Trinajstić information content (AvgIpc) is 2.96. The number of oxazole rings is 1. The van der Waals surface area contributed by atoms with Crippen molar-refractivity contribution in [1.82, 2.24) is 9.88 Å². The Kier molecular flexibility index (Phi) is 5.40. The second-order valence-corrected chi connectivity index (χ2v) is 6.33. The Balaban J connectivity index is 1.53. The molecule has 1 aromatic heterocycles. The van der Waals surface area contributed by atoms with Crippen LogP contribution in [0.25, 0.3) is 11.1 Å². The Bertz CT molecular complexity index is 1030. The van der Waals surface area contributed by atoms with Gasteiger partial charge < -0.3 is 15.1 Å². The van der Waals surface area contributed by atoms with Gasteiger partial charge in [0, 0.05) is 18.7 Å². The van der Waals surface area contributed by atoms with E-state index in [1.165, 1.54) is 4.57 Å². The molecule has 0 spiro atoms. The quantitative estimate of drug-likeness (QED) is 0.699. The number of nitrogens with zero attached hydrogens (tertiary/aromatic N) is 1. The summed E-state index contributed by atoms with van der Waals surface area (Å²) in [7, 11) is 0. The molecule has 3 rings (SSSR count). The zero-order valence-electron chi connectivity index (χ0n) is 15.2. The van der Waals surface area contributed by atoms with Crippen LogP contribution in [0.5, 0.6) is 0 Å². The maximum Gasteiger partial charge on any atom is 0.419 e. The number of rotatable bonds is 6. The SMILES string of the molecule is Cc1cccc(C)c1NC(=O)CNC(=O)CCn1c(=O)oc2ccccc21. The highest BCUT2D eigenvalue weighted by Gasteiger charge is 2.12. The van der Waals surface area contributed by atoms with Crippen LogP contribution in [0.2, 0.25) is 0 Å². The first-order valence-corrected chi connectivity index (χ1v) is 8.67. The molecule has 7 heteroatoms. The van der Waals surface area contributed by atoms with Gasteiger partial charge in [0.15, 0.2) is 5.58 Å². The number of carbonyl (C=O) groups excluding carboxylic acids is 2. The number of aromatic nitrogens is 1. The van der Waals surface area contributed by atoms with Crippen LogP contribution in [0.3, 0.4) is 0 Å². The van der Waals surface area contributed by atoms with E-state index in [4.69, 9.17) is 4.42 Å². The van der Waals surface area contributed by atoms with Gasteiger partial charge in [0.1, 0.15) is 0 Å². The fourth-order valence-electron chi connectivity index (χ4n) is 2.90. The van der Waals surface area contributed by atoms with Crippen molar-refractivity contribution in [3.05, 3.63) is 64.1 Å². The van der Waals surface area contributed by atoms with Crippen molar-refractivity contribution < 1.29 is 14.0 Å². The van der Waals surface area contributed by atoms with Gasteiger partial charge in [-0.1, -0.05) is 30.3 Å². The number of para-hydroxylation sites is 3. The van der Waals surface area contributed by atoms with Crippen molar-refractivity contribution >= 4 is 28.6 Å². The molecular formula is C20H21N3O4. The molecule has 0 unspecified atom stereocenters. The monoisotopic (exact) mass is 367 g/mol. The van der Waals surface area contributed by atoms with Crippen LogP contribution in [0.15, 0.2) is 51.7 Å². The molecule has 2 N–H and O–H groups in total. The molecule has 0 atom stereocenters. The number of carbonyl (C=O) groups is 2. The number of hydrogen-bond donors (Lipinski definition) is 2. The molecule has 0 aliphatic heterocycles. The summed E-state index contributed by atoms with van der Waals surface area (Å²) in [5.74, 6) is -1.12. The highest BCUT2D eigenvalue weighted by molar-refractivity contribution is 5.95. The molecule has 3 aromatic rings. The molecule has 0 aliphatic rings. The Hall–Kier alpha value is -3.35. The molecule has 0 aliphatic carbocycles. The smallest absolute Gasteiger partial charge is 0.408 e. The summed E-state index contributed by atoms with van der Waals surface area (Å²) in [6, 6.07) is 12.8. The van der Waals surface area contributed by atoms with E-state index in [1.54, 1.807) is 24.3 Å². The lowest BCUT2D eigenvalue weighted by molar-refractivity contribution is -0.124. The zero-order valence-corrected chi connectivity index (χ0v) is 15.2. The lowest BCUT2D eigenvalue weighted by atomic mass is 10.1. The van der Waals surface area contributed by atoms with Crippen molar-refractivity contribution in [3.8, 4) is 0 Å². The van der Waals surface area contributed by atoms with Crippen LogP contribution in [0.4, 0.5) is 5.69 Å². The number of aryl methyl sites for hydroxylation is 3. The molecule has 1 heterocycles. The molecule has 7 nitrogen and oxygen atoms in total. The van der Waals surface area contributed by atoms with Crippen molar-refractivity contribution in [2.75, 3.05) is 11.9 Å². The molecule has 0 fully saturated rings. The Labute approximate surface area is 156 Å². The number of benzene rings is 2. The van der Waals surface area contributed by atoms with E-state index in [9.17, 15) is 14.4 Å². The van der Waals surface area contributed by atoms with Crippen molar-refractivity contribution in [3.63, 3.8) is 0 Å². The van der Waals surface area contributed by atoms with Crippen LogP contribution in [-0.4, -0.2) is 22.9 Å². The molecule has 0 radical (unpaired) electrons. The summed E-state index contributed by atoms with van der Waals surface area (Å²) in [6.45, 7) is 3.87. The number of amides is 2. The molecule has 140 valence electrons. The second-order valence-electron chi connectivity index (χ2n) is 6.33. The second kappa shape index (κ2) is 7.90. The summed E-state index contributed by atoms with van der Waals surface area (Å²) in [6.07, 6.45) is 0.0696. The molecule has 0 bridgehead atoms. The van der Waals surface area contributed by atoms with E-state index in [0.717, 1.165) is 16.8 Å². The molecule has 0 saturated carbocycles. The molecule has 0 saturated heterocycles. The normalized spacial score (nSPS) is 10.7. The number of hydrogen-bond acceptors (Lipinski definition) is 4. The van der Waals surface area contributed by atoms with Gasteiger partial charge in [-0.3, -0.25) is 14.2 Å². The van der Waals surface area contributed by atoms with E-state index in [-0.39, 0.29) is 31.3 Å². The Morgan fingerprint density at radius 2 is 1.70 bits per heavy atom. The van der Waals surface area contributed by atoms with Crippen LogP contribution < -0.4 is 16.4 Å². The van der Waals surface area contributed by atoms with Crippen LogP contribution >= 0.6 is 0 Å².